The summed E-state index contributed by atoms with van der Waals surface area (Å²) in [5.41, 5.74) is 0. The zero-order chi connectivity index (χ0) is 11.1. The van der Waals surface area contributed by atoms with Gasteiger partial charge >= 0.3 is 0 Å². The maximum Gasteiger partial charge on any atom is 0.0365 e. The van der Waals surface area contributed by atoms with E-state index in [0.29, 0.717) is 10.5 Å². The van der Waals surface area contributed by atoms with E-state index in [1.165, 1.54) is 0 Å². The van der Waals surface area contributed by atoms with E-state index in [0.717, 1.165) is 17.3 Å². The molecule has 4 atom stereocenters. The Hall–Kier alpha value is 2.10. The molecule has 0 rings (SSSR count). The van der Waals surface area contributed by atoms with Gasteiger partial charge < -0.3 is 0 Å². The van der Waals surface area contributed by atoms with Crippen LogP contribution in [0.1, 0.15) is 13.3 Å². The first-order valence-corrected chi connectivity index (χ1v) is 8.32. The lowest BCUT2D eigenvalue weighted by Crippen LogP contribution is -2.35. The van der Waals surface area contributed by atoms with Crippen molar-refractivity contribution in [1.82, 2.24) is 0 Å². The van der Waals surface area contributed by atoms with Gasteiger partial charge in [0.2, 0.25) is 0 Å². The van der Waals surface area contributed by atoms with Crippen LogP contribution < -0.4 is 0 Å². The van der Waals surface area contributed by atoms with Crippen molar-refractivity contribution in [2.45, 2.75) is 34.3 Å². The first kappa shape index (κ1) is 16.1. The molecule has 6 heteroatoms. The lowest BCUT2D eigenvalue weighted by atomic mass is 10.1. The number of thioether (sulfide) groups is 1. The van der Waals surface area contributed by atoms with Crippen molar-refractivity contribution in [1.29, 1.82) is 0 Å². The first-order chi connectivity index (χ1) is 6.58. The van der Waals surface area contributed by atoms with Gasteiger partial charge in [0.25, 0.3) is 0 Å². The second-order valence-electron chi connectivity index (χ2n) is 2.98. The summed E-state index contributed by atoms with van der Waals surface area (Å²) < 4.78 is 0. The Bertz CT molecular complexity index is 142. The number of rotatable bonds is 7. The van der Waals surface area contributed by atoms with Gasteiger partial charge in [0, 0.05) is 31.8 Å². The van der Waals surface area contributed by atoms with E-state index in [1.54, 1.807) is 11.8 Å². The Labute approximate surface area is 119 Å². The topological polar surface area (TPSA) is 0 Å². The van der Waals surface area contributed by atoms with Crippen molar-refractivity contribution in [3.63, 3.8) is 0 Å². The van der Waals surface area contributed by atoms with Crippen molar-refractivity contribution >= 4 is 74.9 Å². The third kappa shape index (κ3) is 5.43. The molecule has 0 bridgehead atoms. The Morgan fingerprint density at radius 1 is 1.07 bits per heavy atom. The minimum Gasteiger partial charge on any atom is -0.178 e. The van der Waals surface area contributed by atoms with Crippen LogP contribution >= 0.6 is 74.9 Å². The van der Waals surface area contributed by atoms with E-state index >= 15 is 0 Å². The molecule has 0 fully saturated rings. The molecular formula is C8H18S6. The van der Waals surface area contributed by atoms with Crippen molar-refractivity contribution < 1.29 is 0 Å². The fraction of sp³-hybridized carbons (Fsp3) is 1.00. The van der Waals surface area contributed by atoms with Gasteiger partial charge in [-0.2, -0.15) is 63.1 Å². The molecule has 0 aliphatic rings. The summed E-state index contributed by atoms with van der Waals surface area (Å²) in [6.45, 7) is 2.12. The van der Waals surface area contributed by atoms with Crippen LogP contribution in [0.25, 0.3) is 0 Å². The average molecular weight is 307 g/mol. The monoisotopic (exact) mass is 306 g/mol. The molecule has 0 aromatic heterocycles. The van der Waals surface area contributed by atoms with Crippen LogP contribution in [0.5, 0.6) is 0 Å². The van der Waals surface area contributed by atoms with E-state index in [4.69, 9.17) is 0 Å². The van der Waals surface area contributed by atoms with Gasteiger partial charge in [-0.3, -0.25) is 0 Å². The first-order valence-electron chi connectivity index (χ1n) is 4.46. The highest BCUT2D eigenvalue weighted by Crippen LogP contribution is 2.31. The smallest absolute Gasteiger partial charge is 0.0365 e. The SMILES string of the molecule is CCC(S)C(S)C(SCS)C(S)CS. The lowest BCUT2D eigenvalue weighted by Gasteiger charge is -2.29. The molecule has 0 spiro atoms. The van der Waals surface area contributed by atoms with Gasteiger partial charge in [0.15, 0.2) is 0 Å². The van der Waals surface area contributed by atoms with E-state index in [2.05, 4.69) is 70.1 Å². The Kier molecular flexibility index (Phi) is 10.5. The normalized spacial score (nSPS) is 20.1. The summed E-state index contributed by atoms with van der Waals surface area (Å²) in [6, 6.07) is 0. The van der Waals surface area contributed by atoms with Gasteiger partial charge in [-0.1, -0.05) is 6.92 Å². The van der Waals surface area contributed by atoms with Crippen molar-refractivity contribution in [3.8, 4) is 0 Å². The third-order valence-electron chi connectivity index (χ3n) is 1.98. The largest absolute Gasteiger partial charge is 0.178 e. The standard InChI is InChI=1S/C8H18S6/c1-2-5(11)7(13)8(14-4-10)6(12)3-9/h5-13H,2-4H2,1H3. The molecular weight excluding hydrogens is 288 g/mol. The molecule has 0 N–H and O–H groups in total. The molecule has 0 saturated heterocycles. The van der Waals surface area contributed by atoms with E-state index in [9.17, 15) is 0 Å². The predicted octanol–water partition coefficient (Wildman–Crippen LogP) is 3.21. The highest BCUT2D eigenvalue weighted by atomic mass is 32.2. The molecule has 4 unspecified atom stereocenters. The van der Waals surface area contributed by atoms with Gasteiger partial charge in [0.05, 0.1) is 0 Å². The quantitative estimate of drug-likeness (QED) is 0.356. The number of thiol groups is 5. The van der Waals surface area contributed by atoms with Crippen LogP contribution in [-0.4, -0.2) is 31.8 Å². The maximum atomic E-state index is 4.61. The Balaban J connectivity index is 4.31. The van der Waals surface area contributed by atoms with E-state index < -0.39 is 0 Å². The molecule has 0 amide bonds. The van der Waals surface area contributed by atoms with Gasteiger partial charge in [0.1, 0.15) is 0 Å². The maximum absolute atomic E-state index is 4.61. The van der Waals surface area contributed by atoms with Crippen LogP contribution in [0.15, 0.2) is 0 Å². The molecule has 0 aliphatic carbocycles. The van der Waals surface area contributed by atoms with Crippen LogP contribution in [-0.2, 0) is 0 Å². The minimum absolute atomic E-state index is 0.245. The molecule has 0 aliphatic heterocycles. The molecule has 14 heavy (non-hydrogen) atoms. The van der Waals surface area contributed by atoms with Crippen LogP contribution in [0.4, 0.5) is 0 Å². The highest BCUT2D eigenvalue weighted by Gasteiger charge is 2.28. The highest BCUT2D eigenvalue weighted by molar-refractivity contribution is 8.10. The summed E-state index contributed by atoms with van der Waals surface area (Å²) in [7, 11) is 0. The summed E-state index contributed by atoms with van der Waals surface area (Å²) in [6.07, 6.45) is 1.02. The second kappa shape index (κ2) is 9.16. The fourth-order valence-corrected chi connectivity index (χ4v) is 4.41. The number of hydrogen-bond donors (Lipinski definition) is 5. The predicted molar refractivity (Wildman–Crippen MR) is 87.7 cm³/mol. The summed E-state index contributed by atoms with van der Waals surface area (Å²) in [4.78, 5) is 0. The molecule has 0 saturated carbocycles. The average Bonchev–Trinajstić information content (AvgIpc) is 2.22. The molecule has 0 aromatic carbocycles. The molecule has 0 radical (unpaired) electrons. The van der Waals surface area contributed by atoms with Gasteiger partial charge in [-0.05, 0) is 6.42 Å². The molecule has 86 valence electrons. The van der Waals surface area contributed by atoms with Crippen molar-refractivity contribution in [2.75, 3.05) is 10.8 Å². The lowest BCUT2D eigenvalue weighted by molar-refractivity contribution is 0.722. The summed E-state index contributed by atoms with van der Waals surface area (Å²) in [5.74, 6) is 0.760. The van der Waals surface area contributed by atoms with E-state index in [-0.39, 0.29) is 10.5 Å². The van der Waals surface area contributed by atoms with Crippen LogP contribution in [0.3, 0.4) is 0 Å². The fourth-order valence-electron chi connectivity index (χ4n) is 1.09. The summed E-state index contributed by atoms with van der Waals surface area (Å²) in [5, 5.41) is 1.95. The summed E-state index contributed by atoms with van der Waals surface area (Å²) >= 11 is 23.9. The second-order valence-corrected chi connectivity index (χ2v) is 7.17. The zero-order valence-electron chi connectivity index (χ0n) is 8.08. The Morgan fingerprint density at radius 3 is 2.00 bits per heavy atom. The van der Waals surface area contributed by atoms with Gasteiger partial charge in [-0.25, -0.2) is 0 Å². The van der Waals surface area contributed by atoms with E-state index in [1.807, 2.05) is 0 Å². The van der Waals surface area contributed by atoms with Crippen molar-refractivity contribution in [2.24, 2.45) is 0 Å². The molecule has 0 nitrogen and oxygen atoms in total. The Morgan fingerprint density at radius 2 is 1.64 bits per heavy atom. The number of hydrogen-bond acceptors (Lipinski definition) is 6. The van der Waals surface area contributed by atoms with Crippen LogP contribution in [0, 0.1) is 0 Å². The van der Waals surface area contributed by atoms with Gasteiger partial charge in [-0.15, -0.1) is 11.8 Å². The minimum atomic E-state index is 0.245. The van der Waals surface area contributed by atoms with Crippen LogP contribution in [0.2, 0.25) is 0 Å². The molecule has 0 aromatic rings. The molecule has 0 heterocycles. The zero-order valence-corrected chi connectivity index (χ0v) is 13.4. The van der Waals surface area contributed by atoms with Crippen molar-refractivity contribution in [3.05, 3.63) is 0 Å². The third-order valence-corrected chi connectivity index (χ3v) is 6.78.